The number of hydrogen-bond donors (Lipinski definition) is 2. The largest absolute Gasteiger partial charge is 0.487 e. The Labute approximate surface area is 197 Å². The molecule has 0 aliphatic heterocycles. The Balaban J connectivity index is 1.49. The number of nitrogens with zero attached hydrogens (tertiary/aromatic N) is 2. The third kappa shape index (κ3) is 3.99. The summed E-state index contributed by atoms with van der Waals surface area (Å²) in [5.74, 6) is 0.690. The maximum absolute atomic E-state index is 13.1. The number of aryl methyl sites for hydroxylation is 1. The minimum atomic E-state index is -0.583. The van der Waals surface area contributed by atoms with Gasteiger partial charge in [-0.25, -0.2) is 4.68 Å². The molecule has 0 atom stereocenters. The highest BCUT2D eigenvalue weighted by Crippen LogP contribution is 2.21. The average Bonchev–Trinajstić information content (AvgIpc) is 2.82. The zero-order chi connectivity index (χ0) is 23.8. The van der Waals surface area contributed by atoms with E-state index in [1.165, 1.54) is 6.07 Å². The summed E-state index contributed by atoms with van der Waals surface area (Å²) in [6, 6.07) is 15.8. The molecule has 0 aliphatic rings. The second-order valence-electron chi connectivity index (χ2n) is 7.94. The van der Waals surface area contributed by atoms with Gasteiger partial charge < -0.3 is 9.72 Å². The van der Waals surface area contributed by atoms with Crippen LogP contribution in [0, 0.1) is 6.92 Å². The molecule has 3 aromatic heterocycles. The fraction of sp³-hybridized carbons (Fsp3) is 0.120. The van der Waals surface area contributed by atoms with Gasteiger partial charge in [-0.1, -0.05) is 29.8 Å². The molecule has 0 fully saturated rings. The maximum atomic E-state index is 13.1. The number of aromatic amines is 2. The first-order chi connectivity index (χ1) is 16.4. The normalized spacial score (nSPS) is 11.2. The lowest BCUT2D eigenvalue weighted by Crippen LogP contribution is -2.34. The van der Waals surface area contributed by atoms with Crippen LogP contribution in [0.25, 0.3) is 21.8 Å². The Morgan fingerprint density at radius 1 is 1.06 bits per heavy atom. The summed E-state index contributed by atoms with van der Waals surface area (Å²) in [5.41, 5.74) is 1.10. The summed E-state index contributed by atoms with van der Waals surface area (Å²) in [5, 5.41) is 3.07. The molecule has 3 heterocycles. The van der Waals surface area contributed by atoms with Gasteiger partial charge in [0.05, 0.1) is 17.8 Å². The van der Waals surface area contributed by atoms with E-state index < -0.39 is 16.5 Å². The number of rotatable bonds is 5. The summed E-state index contributed by atoms with van der Waals surface area (Å²) < 4.78 is 6.99. The van der Waals surface area contributed by atoms with Crippen molar-refractivity contribution in [3.8, 4) is 5.75 Å². The topological polar surface area (TPSA) is 110 Å². The predicted molar refractivity (Wildman–Crippen MR) is 131 cm³/mol. The number of fused-ring (bicyclic) bond motifs is 2. The summed E-state index contributed by atoms with van der Waals surface area (Å²) in [6.07, 6.45) is 1.71. The minimum absolute atomic E-state index is 0.0736. The Kier molecular flexibility index (Phi) is 5.51. The van der Waals surface area contributed by atoms with E-state index >= 15 is 0 Å². The second kappa shape index (κ2) is 8.64. The fourth-order valence-electron chi connectivity index (χ4n) is 3.90. The van der Waals surface area contributed by atoms with Crippen LogP contribution in [0.1, 0.15) is 16.8 Å². The number of H-pyrrole nitrogens is 2. The number of hydrogen-bond acceptors (Lipinski definition) is 5. The molecule has 34 heavy (non-hydrogen) atoms. The average molecular weight is 475 g/mol. The van der Waals surface area contributed by atoms with Crippen LogP contribution in [-0.4, -0.2) is 19.7 Å². The lowest BCUT2D eigenvalue weighted by molar-refractivity contribution is 0.299. The molecule has 0 saturated heterocycles. The number of ether oxygens (including phenoxy) is 1. The van der Waals surface area contributed by atoms with Gasteiger partial charge in [-0.2, -0.15) is 0 Å². The van der Waals surface area contributed by atoms with Gasteiger partial charge in [-0.15, -0.1) is 0 Å². The molecule has 170 valence electrons. The first kappa shape index (κ1) is 21.7. The van der Waals surface area contributed by atoms with Gasteiger partial charge in [0, 0.05) is 16.6 Å². The van der Waals surface area contributed by atoms with Crippen molar-refractivity contribution < 1.29 is 4.74 Å². The molecular weight excluding hydrogens is 456 g/mol. The molecular formula is C25H19ClN4O4. The van der Waals surface area contributed by atoms with Gasteiger partial charge in [0.1, 0.15) is 23.3 Å². The van der Waals surface area contributed by atoms with Crippen LogP contribution >= 0.6 is 11.6 Å². The smallest absolute Gasteiger partial charge is 0.287 e. The van der Waals surface area contributed by atoms with E-state index in [1.807, 2.05) is 43.3 Å². The molecule has 0 radical (unpaired) electrons. The highest BCUT2D eigenvalue weighted by Gasteiger charge is 2.15. The molecule has 9 heteroatoms. The van der Waals surface area contributed by atoms with Gasteiger partial charge in [0.2, 0.25) is 5.43 Å². The van der Waals surface area contributed by atoms with Crippen LogP contribution in [0.15, 0.2) is 75.2 Å². The number of nitrogens with one attached hydrogen (secondary N) is 2. The van der Waals surface area contributed by atoms with Crippen LogP contribution in [0.3, 0.4) is 0 Å². The molecule has 5 rings (SSSR count). The first-order valence-corrected chi connectivity index (χ1v) is 10.9. The molecule has 5 aromatic rings. The Morgan fingerprint density at radius 2 is 1.91 bits per heavy atom. The van der Waals surface area contributed by atoms with E-state index in [4.69, 9.17) is 16.3 Å². The van der Waals surface area contributed by atoms with Crippen molar-refractivity contribution in [1.82, 2.24) is 19.7 Å². The number of aromatic nitrogens is 4. The van der Waals surface area contributed by atoms with Crippen LogP contribution in [0.4, 0.5) is 0 Å². The molecule has 0 aliphatic carbocycles. The van der Waals surface area contributed by atoms with Gasteiger partial charge in [0.15, 0.2) is 0 Å². The molecule has 0 unspecified atom stereocenters. The van der Waals surface area contributed by atoms with E-state index in [0.717, 1.165) is 21.5 Å². The van der Waals surface area contributed by atoms with Gasteiger partial charge in [-0.3, -0.25) is 24.5 Å². The zero-order valence-electron chi connectivity index (χ0n) is 18.1. The predicted octanol–water partition coefficient (Wildman–Crippen LogP) is 3.52. The third-order valence-electron chi connectivity index (χ3n) is 5.57. The lowest BCUT2D eigenvalue weighted by Gasteiger charge is -2.12. The Hall–Kier alpha value is -4.17. The van der Waals surface area contributed by atoms with Gasteiger partial charge in [-0.05, 0) is 54.4 Å². The van der Waals surface area contributed by atoms with Crippen molar-refractivity contribution in [2.24, 2.45) is 0 Å². The van der Waals surface area contributed by atoms with Crippen molar-refractivity contribution in [2.75, 3.05) is 0 Å². The van der Waals surface area contributed by atoms with Gasteiger partial charge >= 0.3 is 0 Å². The minimum Gasteiger partial charge on any atom is -0.487 e. The summed E-state index contributed by atoms with van der Waals surface area (Å²) in [7, 11) is 0. The van der Waals surface area contributed by atoms with E-state index in [-0.39, 0.29) is 22.8 Å². The van der Waals surface area contributed by atoms with E-state index in [2.05, 4.69) is 15.1 Å². The molecule has 8 nitrogen and oxygen atoms in total. The zero-order valence-corrected chi connectivity index (χ0v) is 18.8. The van der Waals surface area contributed by atoms with Crippen molar-refractivity contribution in [3.63, 3.8) is 0 Å². The second-order valence-corrected chi connectivity index (χ2v) is 8.37. The monoisotopic (exact) mass is 474 g/mol. The molecule has 0 bridgehead atoms. The van der Waals surface area contributed by atoms with E-state index in [0.29, 0.717) is 22.9 Å². The molecule has 0 saturated carbocycles. The van der Waals surface area contributed by atoms with Crippen molar-refractivity contribution in [2.45, 2.75) is 20.1 Å². The first-order valence-electron chi connectivity index (χ1n) is 10.5. The third-order valence-corrected chi connectivity index (χ3v) is 5.80. The highest BCUT2D eigenvalue weighted by molar-refractivity contribution is 6.31. The quantitative estimate of drug-likeness (QED) is 0.379. The summed E-state index contributed by atoms with van der Waals surface area (Å²) in [4.78, 5) is 46.0. The van der Waals surface area contributed by atoms with Crippen LogP contribution < -0.4 is 21.3 Å². The van der Waals surface area contributed by atoms with E-state index in [9.17, 15) is 14.4 Å². The summed E-state index contributed by atoms with van der Waals surface area (Å²) >= 11 is 6.00. The molecule has 0 spiro atoms. The molecule has 0 amide bonds. The van der Waals surface area contributed by atoms with Crippen molar-refractivity contribution >= 4 is 33.4 Å². The molecule has 2 aromatic carbocycles. The fourth-order valence-corrected chi connectivity index (χ4v) is 4.07. The van der Waals surface area contributed by atoms with Crippen LogP contribution in [-0.2, 0) is 13.2 Å². The van der Waals surface area contributed by atoms with Crippen LogP contribution in [0.2, 0.25) is 5.02 Å². The van der Waals surface area contributed by atoms with Crippen molar-refractivity contribution in [1.29, 1.82) is 0 Å². The van der Waals surface area contributed by atoms with Gasteiger partial charge in [0.25, 0.3) is 11.1 Å². The number of benzene rings is 2. The Morgan fingerprint density at radius 3 is 2.68 bits per heavy atom. The van der Waals surface area contributed by atoms with Crippen molar-refractivity contribution in [3.05, 3.63) is 114 Å². The Bertz CT molecular complexity index is 1720. The SMILES string of the molecule is Cc1cc(Cn2[nH]c(=O)c3[nH]c4cc(Cl)ccc4c(=O)c3c2=O)ccc1OCc1ccccn1. The standard InChI is InChI=1S/C25H19ClN4O4/c1-14-10-15(5-8-20(14)34-13-17-4-2-3-9-27-17)12-30-25(33)21-22(24(32)29-30)28-19-11-16(26)6-7-18(19)23(21)31/h2-11H,12-13H2,1H3,(H,28,31)(H,29,32). The lowest BCUT2D eigenvalue weighted by atomic mass is 10.1. The number of halogens is 1. The summed E-state index contributed by atoms with van der Waals surface area (Å²) in [6.45, 7) is 2.31. The van der Waals surface area contributed by atoms with E-state index in [1.54, 1.807) is 18.3 Å². The van der Waals surface area contributed by atoms with Crippen LogP contribution in [0.5, 0.6) is 5.75 Å². The number of pyridine rings is 2. The highest BCUT2D eigenvalue weighted by atomic mass is 35.5. The maximum Gasteiger partial charge on any atom is 0.287 e. The molecule has 2 N–H and O–H groups in total.